The third-order valence-electron chi connectivity index (χ3n) is 4.43. The second kappa shape index (κ2) is 4.88. The van der Waals surface area contributed by atoms with E-state index in [4.69, 9.17) is 0 Å². The molecule has 2 unspecified atom stereocenters. The summed E-state index contributed by atoms with van der Waals surface area (Å²) in [7, 11) is 0. The first kappa shape index (κ1) is 12.4. The molecular weight excluding hydrogens is 262 g/mol. The van der Waals surface area contributed by atoms with E-state index in [9.17, 15) is 4.79 Å². The van der Waals surface area contributed by atoms with Crippen molar-refractivity contribution in [3.63, 3.8) is 0 Å². The van der Waals surface area contributed by atoms with Gasteiger partial charge in [0.1, 0.15) is 5.69 Å². The number of nitrogens with one attached hydrogen (secondary N) is 1. The number of aromatic nitrogens is 2. The predicted molar refractivity (Wildman–Crippen MR) is 80.8 cm³/mol. The van der Waals surface area contributed by atoms with Gasteiger partial charge in [-0.15, -0.1) is 0 Å². The van der Waals surface area contributed by atoms with E-state index in [1.54, 1.807) is 0 Å². The first-order chi connectivity index (χ1) is 10.3. The molecular formula is C17H17N3O. The summed E-state index contributed by atoms with van der Waals surface area (Å²) in [6.45, 7) is 0. The normalized spacial score (nSPS) is 23.5. The smallest absolute Gasteiger partial charge is 0.272 e. The Labute approximate surface area is 123 Å². The molecule has 2 atom stereocenters. The van der Waals surface area contributed by atoms with Crippen LogP contribution in [0.1, 0.15) is 29.8 Å². The molecule has 4 rings (SSSR count). The molecule has 1 N–H and O–H groups in total. The summed E-state index contributed by atoms with van der Waals surface area (Å²) in [4.78, 5) is 14.7. The summed E-state index contributed by atoms with van der Waals surface area (Å²) < 4.78 is 0. The second-order valence-corrected chi connectivity index (χ2v) is 5.71. The lowest BCUT2D eigenvalue weighted by Gasteiger charge is -2.30. The van der Waals surface area contributed by atoms with Crippen LogP contribution in [0.25, 0.3) is 11.3 Å². The molecule has 2 aliphatic heterocycles. The SMILES string of the molecule is O=C(c1cc(-c2ccccc2)n[nH]1)N1C2C=CCC1CC2. The number of amides is 1. The largest absolute Gasteiger partial charge is 0.328 e. The van der Waals surface area contributed by atoms with E-state index >= 15 is 0 Å². The molecule has 106 valence electrons. The van der Waals surface area contributed by atoms with Gasteiger partial charge in [-0.25, -0.2) is 0 Å². The van der Waals surface area contributed by atoms with Crippen molar-refractivity contribution in [3.05, 3.63) is 54.2 Å². The Morgan fingerprint density at radius 3 is 2.90 bits per heavy atom. The van der Waals surface area contributed by atoms with Gasteiger partial charge in [-0.3, -0.25) is 9.89 Å². The number of carbonyl (C=O) groups excluding carboxylic acids is 1. The van der Waals surface area contributed by atoms with Gasteiger partial charge < -0.3 is 4.90 Å². The van der Waals surface area contributed by atoms with Crippen LogP contribution >= 0.6 is 0 Å². The van der Waals surface area contributed by atoms with Crippen molar-refractivity contribution in [2.45, 2.75) is 31.3 Å². The number of H-pyrrole nitrogens is 1. The molecule has 2 aliphatic rings. The third kappa shape index (κ3) is 2.07. The lowest BCUT2D eigenvalue weighted by atomic mass is 10.1. The number of hydrogen-bond acceptors (Lipinski definition) is 2. The van der Waals surface area contributed by atoms with Crippen molar-refractivity contribution in [3.8, 4) is 11.3 Å². The van der Waals surface area contributed by atoms with Gasteiger partial charge in [-0.1, -0.05) is 42.5 Å². The summed E-state index contributed by atoms with van der Waals surface area (Å²) in [6.07, 6.45) is 7.52. The second-order valence-electron chi connectivity index (χ2n) is 5.71. The van der Waals surface area contributed by atoms with Gasteiger partial charge in [-0.05, 0) is 25.3 Å². The minimum absolute atomic E-state index is 0.0709. The highest BCUT2D eigenvalue weighted by atomic mass is 16.2. The van der Waals surface area contributed by atoms with Crippen LogP contribution in [0.2, 0.25) is 0 Å². The van der Waals surface area contributed by atoms with Gasteiger partial charge in [0.05, 0.1) is 11.7 Å². The van der Waals surface area contributed by atoms with Gasteiger partial charge >= 0.3 is 0 Å². The molecule has 1 aromatic heterocycles. The van der Waals surface area contributed by atoms with E-state index in [-0.39, 0.29) is 11.9 Å². The van der Waals surface area contributed by atoms with E-state index in [0.29, 0.717) is 11.7 Å². The molecule has 1 amide bonds. The van der Waals surface area contributed by atoms with Crippen LogP contribution in [-0.4, -0.2) is 33.1 Å². The van der Waals surface area contributed by atoms with E-state index in [1.807, 2.05) is 41.3 Å². The summed E-state index contributed by atoms with van der Waals surface area (Å²) in [5, 5.41) is 7.19. The topological polar surface area (TPSA) is 49.0 Å². The Balaban J connectivity index is 1.61. The average Bonchev–Trinajstić information content (AvgIpc) is 3.11. The number of fused-ring (bicyclic) bond motifs is 2. The van der Waals surface area contributed by atoms with Crippen molar-refractivity contribution in [2.75, 3.05) is 0 Å². The molecule has 0 radical (unpaired) electrons. The minimum atomic E-state index is 0.0709. The van der Waals surface area contributed by atoms with E-state index < -0.39 is 0 Å². The highest BCUT2D eigenvalue weighted by Crippen LogP contribution is 2.32. The predicted octanol–water partition coefficient (Wildman–Crippen LogP) is 3.01. The number of hydrogen-bond donors (Lipinski definition) is 1. The molecule has 0 spiro atoms. The van der Waals surface area contributed by atoms with Crippen LogP contribution in [0, 0.1) is 0 Å². The van der Waals surface area contributed by atoms with E-state index in [2.05, 4.69) is 22.3 Å². The van der Waals surface area contributed by atoms with Crippen molar-refractivity contribution >= 4 is 5.91 Å². The van der Waals surface area contributed by atoms with E-state index in [1.165, 1.54) is 0 Å². The van der Waals surface area contributed by atoms with Crippen molar-refractivity contribution in [1.29, 1.82) is 0 Å². The van der Waals surface area contributed by atoms with Crippen LogP contribution in [0.5, 0.6) is 0 Å². The minimum Gasteiger partial charge on any atom is -0.328 e. The Hall–Kier alpha value is -2.36. The summed E-state index contributed by atoms with van der Waals surface area (Å²) in [6, 6.07) is 12.4. The van der Waals surface area contributed by atoms with Crippen molar-refractivity contribution in [1.82, 2.24) is 15.1 Å². The maximum absolute atomic E-state index is 12.7. The zero-order chi connectivity index (χ0) is 14.2. The molecule has 2 aromatic rings. The Morgan fingerprint density at radius 1 is 1.24 bits per heavy atom. The summed E-state index contributed by atoms with van der Waals surface area (Å²) in [5.41, 5.74) is 2.43. The third-order valence-corrected chi connectivity index (χ3v) is 4.43. The quantitative estimate of drug-likeness (QED) is 0.859. The molecule has 21 heavy (non-hydrogen) atoms. The first-order valence-corrected chi connectivity index (χ1v) is 7.43. The molecule has 1 saturated heterocycles. The fourth-order valence-corrected chi connectivity index (χ4v) is 3.37. The van der Waals surface area contributed by atoms with Gasteiger partial charge in [0.15, 0.2) is 0 Å². The van der Waals surface area contributed by atoms with Gasteiger partial charge in [0.2, 0.25) is 0 Å². The standard InChI is InChI=1S/C17H17N3O/c21-17(20-13-7-4-8-14(20)10-9-13)16-11-15(18-19-16)12-5-2-1-3-6-12/h1-7,11,13-14H,8-10H2,(H,18,19). The molecule has 1 aromatic carbocycles. The zero-order valence-corrected chi connectivity index (χ0v) is 11.7. The number of nitrogens with zero attached hydrogens (tertiary/aromatic N) is 2. The molecule has 4 heteroatoms. The number of benzene rings is 1. The maximum atomic E-state index is 12.7. The zero-order valence-electron chi connectivity index (χ0n) is 11.7. The average molecular weight is 279 g/mol. The molecule has 0 saturated carbocycles. The fraction of sp³-hybridized carbons (Fsp3) is 0.294. The van der Waals surface area contributed by atoms with Gasteiger partial charge in [0.25, 0.3) is 5.91 Å². The van der Waals surface area contributed by atoms with Crippen LogP contribution in [-0.2, 0) is 0 Å². The van der Waals surface area contributed by atoms with Crippen molar-refractivity contribution < 1.29 is 4.79 Å². The molecule has 2 bridgehead atoms. The van der Waals surface area contributed by atoms with Gasteiger partial charge in [-0.2, -0.15) is 5.10 Å². The fourth-order valence-electron chi connectivity index (χ4n) is 3.37. The number of rotatable bonds is 2. The van der Waals surface area contributed by atoms with Gasteiger partial charge in [0, 0.05) is 11.6 Å². The first-order valence-electron chi connectivity index (χ1n) is 7.43. The lowest BCUT2D eigenvalue weighted by Crippen LogP contribution is -2.42. The van der Waals surface area contributed by atoms with Crippen molar-refractivity contribution in [2.24, 2.45) is 0 Å². The summed E-state index contributed by atoms with van der Waals surface area (Å²) in [5.74, 6) is 0.0709. The summed E-state index contributed by atoms with van der Waals surface area (Å²) >= 11 is 0. The van der Waals surface area contributed by atoms with Crippen LogP contribution < -0.4 is 0 Å². The highest BCUT2D eigenvalue weighted by Gasteiger charge is 2.38. The number of aromatic amines is 1. The Bertz CT molecular complexity index is 689. The van der Waals surface area contributed by atoms with Crippen LogP contribution in [0.4, 0.5) is 0 Å². The Kier molecular flexibility index (Phi) is 2.88. The highest BCUT2D eigenvalue weighted by molar-refractivity contribution is 5.94. The number of carbonyl (C=O) groups is 1. The monoisotopic (exact) mass is 279 g/mol. The molecule has 1 fully saturated rings. The van der Waals surface area contributed by atoms with Crippen LogP contribution in [0.15, 0.2) is 48.6 Å². The molecule has 3 heterocycles. The maximum Gasteiger partial charge on any atom is 0.272 e. The van der Waals surface area contributed by atoms with Crippen LogP contribution in [0.3, 0.4) is 0 Å². The Morgan fingerprint density at radius 2 is 2.10 bits per heavy atom. The molecule has 0 aliphatic carbocycles. The molecule has 4 nitrogen and oxygen atoms in total. The lowest BCUT2D eigenvalue weighted by molar-refractivity contribution is 0.0683. The van der Waals surface area contributed by atoms with E-state index in [0.717, 1.165) is 30.5 Å².